The second-order valence-corrected chi connectivity index (χ2v) is 8.95. The summed E-state index contributed by atoms with van der Waals surface area (Å²) in [7, 11) is 0. The molecule has 2 aromatic rings. The van der Waals surface area contributed by atoms with Crippen LogP contribution in [0.5, 0.6) is 0 Å². The van der Waals surface area contributed by atoms with Crippen molar-refractivity contribution >= 4 is 24.1 Å². The minimum Gasteiger partial charge on any atom is -0.480 e. The van der Waals surface area contributed by atoms with Crippen molar-refractivity contribution in [3.8, 4) is 0 Å². The summed E-state index contributed by atoms with van der Waals surface area (Å²) in [5.74, 6) is -2.05. The molecule has 0 fully saturated rings. The van der Waals surface area contributed by atoms with E-state index in [-0.39, 0.29) is 25.6 Å². The number of carbonyl (C=O) groups excluding carboxylic acids is 3. The SMILES string of the molecule is CCC(C)[C@H](NC(=O)C(CCCCNC(=O)OCc1ccccc1)NC(=O)OCc1ccccc1)C(=O)O. The monoisotopic (exact) mass is 527 g/mol. The van der Waals surface area contributed by atoms with Gasteiger partial charge in [0.2, 0.25) is 5.91 Å². The van der Waals surface area contributed by atoms with Crippen LogP contribution in [0.15, 0.2) is 60.7 Å². The predicted octanol–water partition coefficient (Wildman–Crippen LogP) is 3.99. The number of carboxylic acid groups (broad SMARTS) is 1. The van der Waals surface area contributed by atoms with E-state index in [4.69, 9.17) is 9.47 Å². The van der Waals surface area contributed by atoms with E-state index in [1.165, 1.54) is 0 Å². The lowest BCUT2D eigenvalue weighted by Crippen LogP contribution is -2.53. The Bertz CT molecular complexity index is 1020. The van der Waals surface area contributed by atoms with Crippen LogP contribution < -0.4 is 16.0 Å². The van der Waals surface area contributed by atoms with Gasteiger partial charge in [-0.1, -0.05) is 80.9 Å². The summed E-state index contributed by atoms with van der Waals surface area (Å²) in [6.07, 6.45) is 0.423. The molecule has 4 N–H and O–H groups in total. The third-order valence-corrected chi connectivity index (χ3v) is 6.00. The number of hydrogen-bond donors (Lipinski definition) is 4. The Morgan fingerprint density at radius 3 is 1.89 bits per heavy atom. The highest BCUT2D eigenvalue weighted by Crippen LogP contribution is 2.10. The number of aliphatic carboxylic acids is 1. The second kappa shape index (κ2) is 16.6. The molecule has 0 aliphatic rings. The van der Waals surface area contributed by atoms with Crippen molar-refractivity contribution in [3.05, 3.63) is 71.8 Å². The summed E-state index contributed by atoms with van der Waals surface area (Å²) < 4.78 is 10.4. The van der Waals surface area contributed by atoms with Gasteiger partial charge < -0.3 is 30.5 Å². The highest BCUT2D eigenvalue weighted by atomic mass is 16.6. The fraction of sp³-hybridized carbons (Fsp3) is 0.429. The highest BCUT2D eigenvalue weighted by Gasteiger charge is 2.29. The van der Waals surface area contributed by atoms with Gasteiger partial charge in [-0.25, -0.2) is 14.4 Å². The lowest BCUT2D eigenvalue weighted by Gasteiger charge is -2.24. The molecule has 2 rings (SSSR count). The Labute approximate surface area is 223 Å². The lowest BCUT2D eigenvalue weighted by atomic mass is 9.98. The van der Waals surface area contributed by atoms with Crippen LogP contribution in [0.4, 0.5) is 9.59 Å². The Balaban J connectivity index is 1.85. The molecule has 0 aliphatic heterocycles. The number of rotatable bonds is 15. The maximum atomic E-state index is 12.9. The summed E-state index contributed by atoms with van der Waals surface area (Å²) >= 11 is 0. The predicted molar refractivity (Wildman–Crippen MR) is 141 cm³/mol. The zero-order valence-corrected chi connectivity index (χ0v) is 21.9. The summed E-state index contributed by atoms with van der Waals surface area (Å²) in [5.41, 5.74) is 1.66. The molecule has 2 aromatic carbocycles. The number of carboxylic acids is 1. The topological polar surface area (TPSA) is 143 Å². The molecule has 0 aliphatic carbocycles. The van der Waals surface area contributed by atoms with Crippen LogP contribution in [-0.4, -0.2) is 47.8 Å². The quantitative estimate of drug-likeness (QED) is 0.256. The molecule has 206 valence electrons. The van der Waals surface area contributed by atoms with E-state index in [0.717, 1.165) is 11.1 Å². The summed E-state index contributed by atoms with van der Waals surface area (Å²) in [6, 6.07) is 16.3. The minimum absolute atomic E-state index is 0.0284. The van der Waals surface area contributed by atoms with Crippen LogP contribution in [0.1, 0.15) is 50.7 Å². The minimum atomic E-state index is -1.14. The van der Waals surface area contributed by atoms with Crippen LogP contribution in [-0.2, 0) is 32.3 Å². The van der Waals surface area contributed by atoms with Crippen LogP contribution in [0.25, 0.3) is 0 Å². The molecule has 0 bridgehead atoms. The first-order chi connectivity index (χ1) is 18.3. The van der Waals surface area contributed by atoms with Crippen LogP contribution >= 0.6 is 0 Å². The van der Waals surface area contributed by atoms with Crippen LogP contribution in [0.3, 0.4) is 0 Å². The van der Waals surface area contributed by atoms with Crippen molar-refractivity contribution in [2.75, 3.05) is 6.54 Å². The van der Waals surface area contributed by atoms with Gasteiger partial charge in [-0.05, 0) is 36.3 Å². The molecule has 2 unspecified atom stereocenters. The van der Waals surface area contributed by atoms with Gasteiger partial charge >= 0.3 is 18.2 Å². The highest BCUT2D eigenvalue weighted by molar-refractivity contribution is 5.89. The maximum absolute atomic E-state index is 12.9. The Kier molecular flexibility index (Phi) is 13.2. The molecule has 38 heavy (non-hydrogen) atoms. The Morgan fingerprint density at radius 2 is 1.37 bits per heavy atom. The van der Waals surface area contributed by atoms with Gasteiger partial charge in [0.05, 0.1) is 0 Å². The summed E-state index contributed by atoms with van der Waals surface area (Å²) in [5, 5.41) is 17.3. The van der Waals surface area contributed by atoms with Crippen molar-refractivity contribution in [3.63, 3.8) is 0 Å². The molecule has 0 aromatic heterocycles. The van der Waals surface area contributed by atoms with E-state index in [9.17, 15) is 24.3 Å². The molecule has 3 atom stereocenters. The zero-order valence-electron chi connectivity index (χ0n) is 21.9. The van der Waals surface area contributed by atoms with Gasteiger partial charge in [-0.2, -0.15) is 0 Å². The molecule has 10 nitrogen and oxygen atoms in total. The number of alkyl carbamates (subject to hydrolysis) is 2. The van der Waals surface area contributed by atoms with E-state index in [0.29, 0.717) is 25.8 Å². The number of amides is 3. The standard InChI is InChI=1S/C28H37N3O7/c1-3-20(2)24(26(33)34)31-25(32)23(30-28(36)38-19-22-14-8-5-9-15-22)16-10-11-17-29-27(35)37-18-21-12-6-4-7-13-21/h4-9,12-15,20,23-24H,3,10-11,16-19H2,1-2H3,(H,29,35)(H,30,36)(H,31,32)(H,33,34)/t20?,23?,24-/m0/s1. The Morgan fingerprint density at radius 1 is 0.816 bits per heavy atom. The number of ether oxygens (including phenoxy) is 2. The number of carbonyl (C=O) groups is 4. The number of benzene rings is 2. The van der Waals surface area contributed by atoms with Gasteiger partial charge in [0.1, 0.15) is 25.3 Å². The van der Waals surface area contributed by atoms with Gasteiger partial charge in [0.25, 0.3) is 0 Å². The van der Waals surface area contributed by atoms with Gasteiger partial charge in [0.15, 0.2) is 0 Å². The second-order valence-electron chi connectivity index (χ2n) is 8.95. The molecule has 0 saturated carbocycles. The van der Waals surface area contributed by atoms with Gasteiger partial charge in [-0.3, -0.25) is 4.79 Å². The van der Waals surface area contributed by atoms with E-state index in [2.05, 4.69) is 16.0 Å². The zero-order chi connectivity index (χ0) is 27.8. The Hall–Kier alpha value is -4.08. The van der Waals surface area contributed by atoms with Crippen LogP contribution in [0.2, 0.25) is 0 Å². The fourth-order valence-corrected chi connectivity index (χ4v) is 3.55. The summed E-state index contributed by atoms with van der Waals surface area (Å²) in [4.78, 5) is 48.9. The summed E-state index contributed by atoms with van der Waals surface area (Å²) in [6.45, 7) is 4.07. The van der Waals surface area contributed by atoms with Gasteiger partial charge in [0, 0.05) is 6.54 Å². The van der Waals surface area contributed by atoms with Crippen LogP contribution in [0, 0.1) is 5.92 Å². The number of hydrogen-bond acceptors (Lipinski definition) is 6. The van der Waals surface area contributed by atoms with Crippen molar-refractivity contribution in [1.82, 2.24) is 16.0 Å². The number of unbranched alkanes of at least 4 members (excludes halogenated alkanes) is 1. The van der Waals surface area contributed by atoms with Crippen molar-refractivity contribution < 1.29 is 33.8 Å². The van der Waals surface area contributed by atoms with E-state index >= 15 is 0 Å². The normalized spacial score (nSPS) is 12.9. The van der Waals surface area contributed by atoms with Gasteiger partial charge in [-0.15, -0.1) is 0 Å². The first kappa shape index (κ1) is 30.1. The molecule has 3 amide bonds. The first-order valence-electron chi connectivity index (χ1n) is 12.7. The average Bonchev–Trinajstić information content (AvgIpc) is 2.93. The molecule has 0 spiro atoms. The van der Waals surface area contributed by atoms with E-state index < -0.39 is 36.1 Å². The molecule has 10 heteroatoms. The third-order valence-electron chi connectivity index (χ3n) is 6.00. The first-order valence-corrected chi connectivity index (χ1v) is 12.7. The lowest BCUT2D eigenvalue weighted by molar-refractivity contribution is -0.143. The molecular formula is C28H37N3O7. The third kappa shape index (κ3) is 11.3. The van der Waals surface area contributed by atoms with Crippen molar-refractivity contribution in [1.29, 1.82) is 0 Å². The van der Waals surface area contributed by atoms with E-state index in [1.54, 1.807) is 19.1 Å². The molecule has 0 heterocycles. The largest absolute Gasteiger partial charge is 0.480 e. The molecule has 0 saturated heterocycles. The smallest absolute Gasteiger partial charge is 0.408 e. The fourth-order valence-electron chi connectivity index (χ4n) is 3.55. The molecule has 0 radical (unpaired) electrons. The van der Waals surface area contributed by atoms with Crippen molar-refractivity contribution in [2.45, 2.75) is 64.8 Å². The van der Waals surface area contributed by atoms with Crippen molar-refractivity contribution in [2.24, 2.45) is 5.92 Å². The van der Waals surface area contributed by atoms with E-state index in [1.807, 2.05) is 55.5 Å². The number of nitrogens with one attached hydrogen (secondary N) is 3. The average molecular weight is 528 g/mol. The molecular weight excluding hydrogens is 490 g/mol. The maximum Gasteiger partial charge on any atom is 0.408 e.